The Bertz CT molecular complexity index is 1010. The minimum Gasteiger partial charge on any atom is -0.465 e. The van der Waals surface area contributed by atoms with Crippen LogP contribution >= 0.6 is 0 Å². The number of carbonyl (C=O) groups is 1. The largest absolute Gasteiger partial charge is 0.465 e. The lowest BCUT2D eigenvalue weighted by atomic mass is 10.0. The van der Waals surface area contributed by atoms with Crippen LogP contribution in [0.25, 0.3) is 11.4 Å². The third kappa shape index (κ3) is 3.02. The third-order valence-corrected chi connectivity index (χ3v) is 3.93. The van der Waals surface area contributed by atoms with Crippen molar-refractivity contribution in [3.05, 3.63) is 78.6 Å². The first-order chi connectivity index (χ1) is 12.7. The Morgan fingerprint density at radius 1 is 1.31 bits per heavy atom. The molecule has 1 aliphatic heterocycles. The Morgan fingerprint density at radius 2 is 2.19 bits per heavy atom. The summed E-state index contributed by atoms with van der Waals surface area (Å²) in [7, 11) is 0. The minimum atomic E-state index is -0.374. The van der Waals surface area contributed by atoms with E-state index in [9.17, 15) is 4.79 Å². The molecule has 1 aliphatic carbocycles. The number of hydrogen-bond donors (Lipinski definition) is 1. The maximum Gasteiger partial charge on any atom is 0.250 e. The van der Waals surface area contributed by atoms with Crippen molar-refractivity contribution in [3.8, 4) is 0 Å². The van der Waals surface area contributed by atoms with Crippen LogP contribution in [0.2, 0.25) is 0 Å². The molecule has 0 atom stereocenters. The number of fused-ring (bicyclic) bond motifs is 1. The number of anilines is 1. The molecule has 1 amide bonds. The fraction of sp³-hybridized carbons (Fsp3) is 0.105. The highest BCUT2D eigenvalue weighted by molar-refractivity contribution is 5.97. The fourth-order valence-corrected chi connectivity index (χ4v) is 2.69. The molecule has 4 rings (SSSR count). The Hall–Kier alpha value is -3.61. The predicted molar refractivity (Wildman–Crippen MR) is 96.5 cm³/mol. The zero-order valence-corrected chi connectivity index (χ0v) is 13.9. The summed E-state index contributed by atoms with van der Waals surface area (Å²) in [4.78, 5) is 15.7. The quantitative estimate of drug-likeness (QED) is 0.858. The van der Waals surface area contributed by atoms with Gasteiger partial charge in [-0.2, -0.15) is 4.98 Å². The first-order valence-electron chi connectivity index (χ1n) is 8.14. The zero-order chi connectivity index (χ0) is 17.9. The molecule has 3 heterocycles. The van der Waals surface area contributed by atoms with Crippen LogP contribution in [-0.2, 0) is 14.3 Å². The summed E-state index contributed by atoms with van der Waals surface area (Å²) in [5.74, 6) is 0.996. The number of amides is 1. The molecular formula is C19H16N4O3. The van der Waals surface area contributed by atoms with Crippen LogP contribution in [0.15, 0.2) is 72.9 Å². The van der Waals surface area contributed by atoms with Crippen molar-refractivity contribution >= 4 is 23.3 Å². The highest BCUT2D eigenvalue weighted by Crippen LogP contribution is 2.30. The van der Waals surface area contributed by atoms with Gasteiger partial charge in [-0.15, -0.1) is 5.10 Å². The molecule has 1 N–H and O–H groups in total. The Labute approximate surface area is 149 Å². The van der Waals surface area contributed by atoms with E-state index in [1.807, 2.05) is 24.3 Å². The van der Waals surface area contributed by atoms with Gasteiger partial charge in [-0.25, -0.2) is 4.52 Å². The highest BCUT2D eigenvalue weighted by Gasteiger charge is 2.19. The molecule has 130 valence electrons. The van der Waals surface area contributed by atoms with Crippen molar-refractivity contribution in [2.75, 3.05) is 5.32 Å². The summed E-state index contributed by atoms with van der Waals surface area (Å²) in [6.07, 6.45) is 12.3. The van der Waals surface area contributed by atoms with Gasteiger partial charge in [-0.3, -0.25) is 10.1 Å². The van der Waals surface area contributed by atoms with Crippen molar-refractivity contribution in [1.29, 1.82) is 0 Å². The van der Waals surface area contributed by atoms with Crippen LogP contribution in [-0.4, -0.2) is 20.5 Å². The van der Waals surface area contributed by atoms with E-state index in [0.717, 1.165) is 24.5 Å². The average Bonchev–Trinajstić information content (AvgIpc) is 3.11. The lowest BCUT2D eigenvalue weighted by Gasteiger charge is -2.19. The molecule has 0 aromatic carbocycles. The van der Waals surface area contributed by atoms with Gasteiger partial charge in [0.2, 0.25) is 11.9 Å². The van der Waals surface area contributed by atoms with Gasteiger partial charge in [-0.1, -0.05) is 30.9 Å². The molecule has 26 heavy (non-hydrogen) atoms. The molecule has 2 aromatic heterocycles. The zero-order valence-electron chi connectivity index (χ0n) is 13.9. The molecule has 7 nitrogen and oxygen atoms in total. The number of hydrogen-bond acceptors (Lipinski definition) is 5. The number of pyridine rings is 1. The average molecular weight is 348 g/mol. The van der Waals surface area contributed by atoms with E-state index >= 15 is 0 Å². The van der Waals surface area contributed by atoms with Gasteiger partial charge in [0.25, 0.3) is 0 Å². The maximum atomic E-state index is 11.5. The molecule has 0 radical (unpaired) electrons. The van der Waals surface area contributed by atoms with Gasteiger partial charge in [-0.05, 0) is 36.6 Å². The van der Waals surface area contributed by atoms with Crippen LogP contribution < -0.4 is 5.32 Å². The molecule has 0 bridgehead atoms. The van der Waals surface area contributed by atoms with Crippen LogP contribution in [0.1, 0.15) is 18.5 Å². The fourth-order valence-electron chi connectivity index (χ4n) is 2.69. The standard InChI is InChI=1S/C19H16N4O3/c1-2-18(24)21-19-20-17-10-6-9-14(23(17)22-19)16-12-25-11-15(26-16)13-7-4-3-5-8-13/h2-4,6-7,9-12H,1,5,8H2,(H,21,22,24). The second-order valence-electron chi connectivity index (χ2n) is 5.67. The van der Waals surface area contributed by atoms with Gasteiger partial charge in [0.15, 0.2) is 17.2 Å². The number of nitrogens with one attached hydrogen (secondary N) is 1. The Kier molecular flexibility index (Phi) is 4.10. The van der Waals surface area contributed by atoms with Gasteiger partial charge in [0.1, 0.15) is 18.2 Å². The SMILES string of the molecule is C=CC(=O)Nc1nc2cccc(C3=COC=C(C4=CC=CCC4)O3)n2n1. The Morgan fingerprint density at radius 3 is 3.00 bits per heavy atom. The van der Waals surface area contributed by atoms with Crippen molar-refractivity contribution in [3.63, 3.8) is 0 Å². The molecule has 7 heteroatoms. The summed E-state index contributed by atoms with van der Waals surface area (Å²) in [6.45, 7) is 3.42. The summed E-state index contributed by atoms with van der Waals surface area (Å²) < 4.78 is 13.1. The van der Waals surface area contributed by atoms with Crippen molar-refractivity contribution in [2.24, 2.45) is 0 Å². The van der Waals surface area contributed by atoms with E-state index in [4.69, 9.17) is 9.47 Å². The van der Waals surface area contributed by atoms with Crippen LogP contribution in [0.3, 0.4) is 0 Å². The van der Waals surface area contributed by atoms with Gasteiger partial charge < -0.3 is 9.47 Å². The number of carbonyl (C=O) groups excluding carboxylic acids is 1. The monoisotopic (exact) mass is 348 g/mol. The summed E-state index contributed by atoms with van der Waals surface area (Å²) in [6, 6.07) is 5.47. The van der Waals surface area contributed by atoms with Crippen molar-refractivity contribution in [1.82, 2.24) is 14.6 Å². The first kappa shape index (κ1) is 15.9. The normalized spacial score (nSPS) is 16.1. The summed E-state index contributed by atoms with van der Waals surface area (Å²) in [5, 5.41) is 6.87. The highest BCUT2D eigenvalue weighted by atomic mass is 16.5. The lowest BCUT2D eigenvalue weighted by Crippen LogP contribution is -2.09. The lowest BCUT2D eigenvalue weighted by molar-refractivity contribution is -0.111. The van der Waals surface area contributed by atoms with E-state index in [-0.39, 0.29) is 11.9 Å². The first-order valence-corrected chi connectivity index (χ1v) is 8.14. The van der Waals surface area contributed by atoms with E-state index in [1.54, 1.807) is 16.8 Å². The minimum absolute atomic E-state index is 0.190. The smallest absolute Gasteiger partial charge is 0.250 e. The topological polar surface area (TPSA) is 77.8 Å². The molecule has 0 unspecified atom stereocenters. The van der Waals surface area contributed by atoms with Gasteiger partial charge in [0.05, 0.1) is 0 Å². The van der Waals surface area contributed by atoms with E-state index in [0.29, 0.717) is 22.9 Å². The number of aromatic nitrogens is 3. The summed E-state index contributed by atoms with van der Waals surface area (Å²) in [5.41, 5.74) is 2.30. The second kappa shape index (κ2) is 6.72. The van der Waals surface area contributed by atoms with Gasteiger partial charge >= 0.3 is 0 Å². The van der Waals surface area contributed by atoms with E-state index in [2.05, 4.69) is 28.1 Å². The van der Waals surface area contributed by atoms with Crippen LogP contribution in [0.4, 0.5) is 5.95 Å². The predicted octanol–water partition coefficient (Wildman–Crippen LogP) is 3.32. The molecular weight excluding hydrogens is 332 g/mol. The summed E-state index contributed by atoms with van der Waals surface area (Å²) >= 11 is 0. The number of nitrogens with zero attached hydrogens (tertiary/aromatic N) is 3. The second-order valence-corrected chi connectivity index (χ2v) is 5.67. The van der Waals surface area contributed by atoms with Crippen molar-refractivity contribution < 1.29 is 14.3 Å². The molecule has 0 spiro atoms. The number of rotatable bonds is 4. The maximum absolute atomic E-state index is 11.5. The molecule has 0 saturated heterocycles. The van der Waals surface area contributed by atoms with Gasteiger partial charge in [0, 0.05) is 0 Å². The van der Waals surface area contributed by atoms with Crippen LogP contribution in [0.5, 0.6) is 0 Å². The Balaban J connectivity index is 1.65. The molecule has 0 saturated carbocycles. The molecule has 0 fully saturated rings. The van der Waals surface area contributed by atoms with Crippen molar-refractivity contribution in [2.45, 2.75) is 12.8 Å². The number of allylic oxidation sites excluding steroid dienone is 4. The molecule has 2 aliphatic rings. The van der Waals surface area contributed by atoms with E-state index < -0.39 is 0 Å². The third-order valence-electron chi connectivity index (χ3n) is 3.93. The van der Waals surface area contributed by atoms with Crippen LogP contribution in [0, 0.1) is 0 Å². The molecule has 2 aromatic rings. The number of ether oxygens (including phenoxy) is 2. The van der Waals surface area contributed by atoms with E-state index in [1.165, 1.54) is 6.26 Å².